The molecule has 1 aromatic carbocycles. The van der Waals surface area contributed by atoms with Crippen LogP contribution in [0.3, 0.4) is 0 Å². The summed E-state index contributed by atoms with van der Waals surface area (Å²) in [4.78, 5) is 22.1. The first-order valence-corrected chi connectivity index (χ1v) is 4.62. The maximum atomic E-state index is 12.3. The molecule has 0 unspecified atom stereocenters. The van der Waals surface area contributed by atoms with Gasteiger partial charge in [0.05, 0.1) is 11.1 Å². The molecule has 1 N–H and O–H groups in total. The predicted octanol–water partition coefficient (Wildman–Crippen LogP) is 1.75. The molecule has 0 radical (unpaired) electrons. The fourth-order valence-electron chi connectivity index (χ4n) is 1.47. The molecule has 6 heteroatoms. The van der Waals surface area contributed by atoms with Gasteiger partial charge in [-0.05, 0) is 17.7 Å². The average molecular weight is 241 g/mol. The standard InChI is InChI=1S/C11H6F3NO2/c12-11(13,14)7-3-1-6(2-4-7)8-5-9(16)15-10(8)17/h1-5H,(H,15,16,17). The van der Waals surface area contributed by atoms with Crippen LogP contribution >= 0.6 is 0 Å². The molecule has 0 aromatic heterocycles. The second kappa shape index (κ2) is 3.73. The van der Waals surface area contributed by atoms with Crippen molar-refractivity contribution in [1.82, 2.24) is 5.32 Å². The van der Waals surface area contributed by atoms with Crippen molar-refractivity contribution in [3.8, 4) is 0 Å². The summed E-state index contributed by atoms with van der Waals surface area (Å²) in [6, 6.07) is 4.05. The quantitative estimate of drug-likeness (QED) is 0.761. The van der Waals surface area contributed by atoms with Crippen LogP contribution in [0.15, 0.2) is 30.3 Å². The molecule has 0 saturated heterocycles. The Bertz CT molecular complexity index is 515. The molecule has 3 nitrogen and oxygen atoms in total. The Hall–Kier alpha value is -2.11. The van der Waals surface area contributed by atoms with E-state index in [0.29, 0.717) is 0 Å². The monoisotopic (exact) mass is 241 g/mol. The van der Waals surface area contributed by atoms with Crippen LogP contribution in [0.4, 0.5) is 13.2 Å². The second-order valence-corrected chi connectivity index (χ2v) is 3.45. The number of imide groups is 1. The normalized spacial score (nSPS) is 15.8. The molecule has 1 aliphatic heterocycles. The number of halogens is 3. The zero-order chi connectivity index (χ0) is 12.6. The third-order valence-corrected chi connectivity index (χ3v) is 2.28. The Balaban J connectivity index is 2.34. The van der Waals surface area contributed by atoms with E-state index in [9.17, 15) is 22.8 Å². The van der Waals surface area contributed by atoms with Crippen LogP contribution in [0.25, 0.3) is 5.57 Å². The third-order valence-electron chi connectivity index (χ3n) is 2.28. The van der Waals surface area contributed by atoms with E-state index in [1.165, 1.54) is 0 Å². The molecule has 88 valence electrons. The molecule has 0 saturated carbocycles. The summed E-state index contributed by atoms with van der Waals surface area (Å²) in [5, 5.41) is 2.02. The van der Waals surface area contributed by atoms with Gasteiger partial charge < -0.3 is 0 Å². The first-order chi connectivity index (χ1) is 7.88. The number of alkyl halides is 3. The molecule has 0 fully saturated rings. The molecule has 1 aliphatic rings. The van der Waals surface area contributed by atoms with E-state index in [1.54, 1.807) is 0 Å². The van der Waals surface area contributed by atoms with Crippen molar-refractivity contribution in [1.29, 1.82) is 0 Å². The van der Waals surface area contributed by atoms with E-state index in [-0.39, 0.29) is 11.1 Å². The van der Waals surface area contributed by atoms with Crippen LogP contribution in [0.2, 0.25) is 0 Å². The minimum absolute atomic E-state index is 0.0729. The highest BCUT2D eigenvalue weighted by molar-refractivity contribution is 6.33. The lowest BCUT2D eigenvalue weighted by atomic mass is 10.0. The van der Waals surface area contributed by atoms with Gasteiger partial charge in [-0.1, -0.05) is 12.1 Å². The van der Waals surface area contributed by atoms with Gasteiger partial charge in [0.1, 0.15) is 0 Å². The highest BCUT2D eigenvalue weighted by Crippen LogP contribution is 2.30. The summed E-state index contributed by atoms with van der Waals surface area (Å²) in [6.45, 7) is 0. The molecular formula is C11H6F3NO2. The molecular weight excluding hydrogens is 235 g/mol. The van der Waals surface area contributed by atoms with Gasteiger partial charge >= 0.3 is 6.18 Å². The van der Waals surface area contributed by atoms with Crippen LogP contribution in [-0.2, 0) is 15.8 Å². The van der Waals surface area contributed by atoms with Crippen molar-refractivity contribution >= 4 is 17.4 Å². The SMILES string of the molecule is O=C1C=C(c2ccc(C(F)(F)F)cc2)C(=O)N1. The van der Waals surface area contributed by atoms with Crippen molar-refractivity contribution in [2.24, 2.45) is 0 Å². The van der Waals surface area contributed by atoms with Gasteiger partial charge in [-0.2, -0.15) is 13.2 Å². The highest BCUT2D eigenvalue weighted by atomic mass is 19.4. The van der Waals surface area contributed by atoms with Crippen LogP contribution in [0, 0.1) is 0 Å². The number of hydrogen-bond acceptors (Lipinski definition) is 2. The Labute approximate surface area is 93.9 Å². The number of rotatable bonds is 1. The van der Waals surface area contributed by atoms with E-state index < -0.39 is 23.6 Å². The number of hydrogen-bond donors (Lipinski definition) is 1. The van der Waals surface area contributed by atoms with E-state index in [1.807, 2.05) is 5.32 Å². The van der Waals surface area contributed by atoms with Crippen LogP contribution in [0.5, 0.6) is 0 Å². The zero-order valence-corrected chi connectivity index (χ0v) is 8.34. The number of carbonyl (C=O) groups is 2. The number of amides is 2. The maximum absolute atomic E-state index is 12.3. The summed E-state index contributed by atoms with van der Waals surface area (Å²) in [6.07, 6.45) is -3.36. The lowest BCUT2D eigenvalue weighted by Crippen LogP contribution is -2.21. The summed E-state index contributed by atoms with van der Waals surface area (Å²) < 4.78 is 36.9. The van der Waals surface area contributed by atoms with Crippen molar-refractivity contribution in [2.75, 3.05) is 0 Å². The van der Waals surface area contributed by atoms with Gasteiger partial charge in [0.15, 0.2) is 0 Å². The summed E-state index contributed by atoms with van der Waals surface area (Å²) >= 11 is 0. The lowest BCUT2D eigenvalue weighted by molar-refractivity contribution is -0.137. The molecule has 1 heterocycles. The first-order valence-electron chi connectivity index (χ1n) is 4.62. The van der Waals surface area contributed by atoms with Crippen molar-refractivity contribution in [3.63, 3.8) is 0 Å². The van der Waals surface area contributed by atoms with Gasteiger partial charge in [0, 0.05) is 6.08 Å². The molecule has 2 amide bonds. The third kappa shape index (κ3) is 2.20. The van der Waals surface area contributed by atoms with Crippen LogP contribution in [0.1, 0.15) is 11.1 Å². The van der Waals surface area contributed by atoms with Crippen molar-refractivity contribution in [3.05, 3.63) is 41.5 Å². The van der Waals surface area contributed by atoms with Crippen LogP contribution in [-0.4, -0.2) is 11.8 Å². The number of benzene rings is 1. The van der Waals surface area contributed by atoms with E-state index in [0.717, 1.165) is 30.3 Å². The zero-order valence-electron chi connectivity index (χ0n) is 8.34. The number of nitrogens with one attached hydrogen (secondary N) is 1. The Kier molecular flexibility index (Phi) is 2.49. The molecule has 17 heavy (non-hydrogen) atoms. The van der Waals surface area contributed by atoms with Crippen molar-refractivity contribution < 1.29 is 22.8 Å². The summed E-state index contributed by atoms with van der Waals surface area (Å²) in [5.41, 5.74) is -0.448. The van der Waals surface area contributed by atoms with E-state index in [4.69, 9.17) is 0 Å². The van der Waals surface area contributed by atoms with Gasteiger partial charge in [0.25, 0.3) is 11.8 Å². The molecule has 0 atom stereocenters. The average Bonchev–Trinajstić information content (AvgIpc) is 2.57. The van der Waals surface area contributed by atoms with E-state index >= 15 is 0 Å². The minimum Gasteiger partial charge on any atom is -0.289 e. The minimum atomic E-state index is -4.42. The maximum Gasteiger partial charge on any atom is 0.416 e. The largest absolute Gasteiger partial charge is 0.416 e. The number of carbonyl (C=O) groups excluding carboxylic acids is 2. The fourth-order valence-corrected chi connectivity index (χ4v) is 1.47. The molecule has 0 bridgehead atoms. The summed E-state index contributed by atoms with van der Waals surface area (Å²) in [7, 11) is 0. The molecule has 0 spiro atoms. The Morgan fingerprint density at radius 3 is 2.00 bits per heavy atom. The molecule has 1 aromatic rings. The highest BCUT2D eigenvalue weighted by Gasteiger charge is 2.30. The predicted molar refractivity (Wildman–Crippen MR) is 52.6 cm³/mol. The molecule has 2 rings (SSSR count). The fraction of sp³-hybridized carbons (Fsp3) is 0.0909. The lowest BCUT2D eigenvalue weighted by Gasteiger charge is -2.07. The Morgan fingerprint density at radius 2 is 1.59 bits per heavy atom. The van der Waals surface area contributed by atoms with E-state index in [2.05, 4.69) is 0 Å². The van der Waals surface area contributed by atoms with Crippen molar-refractivity contribution in [2.45, 2.75) is 6.18 Å². The van der Waals surface area contributed by atoms with Gasteiger partial charge in [-0.15, -0.1) is 0 Å². The Morgan fingerprint density at radius 1 is 1.00 bits per heavy atom. The van der Waals surface area contributed by atoms with Gasteiger partial charge in [0.2, 0.25) is 0 Å². The summed E-state index contributed by atoms with van der Waals surface area (Å²) in [5.74, 6) is -1.17. The molecule has 0 aliphatic carbocycles. The van der Waals surface area contributed by atoms with Crippen LogP contribution < -0.4 is 5.32 Å². The van der Waals surface area contributed by atoms with Gasteiger partial charge in [-0.3, -0.25) is 14.9 Å². The first kappa shape index (κ1) is 11.4. The smallest absolute Gasteiger partial charge is 0.289 e. The van der Waals surface area contributed by atoms with Gasteiger partial charge in [-0.25, -0.2) is 0 Å². The topological polar surface area (TPSA) is 46.2 Å². The second-order valence-electron chi connectivity index (χ2n) is 3.45.